The normalized spacial score (nSPS) is 27.4. The highest BCUT2D eigenvalue weighted by atomic mass is 14.4. The van der Waals surface area contributed by atoms with Gasteiger partial charge in [-0.05, 0) is 155 Å². The van der Waals surface area contributed by atoms with Crippen molar-refractivity contribution in [2.24, 2.45) is 11.8 Å². The number of hydrogen-bond acceptors (Lipinski definition) is 0. The lowest BCUT2D eigenvalue weighted by atomic mass is 9.60. The molecular formula is C44H42. The zero-order chi connectivity index (χ0) is 29.0. The van der Waals surface area contributed by atoms with Crippen molar-refractivity contribution < 1.29 is 0 Å². The highest BCUT2D eigenvalue weighted by Crippen LogP contribution is 2.56. The first-order valence-electron chi connectivity index (χ1n) is 17.3. The van der Waals surface area contributed by atoms with Gasteiger partial charge in [-0.2, -0.15) is 0 Å². The summed E-state index contributed by atoms with van der Waals surface area (Å²) in [4.78, 5) is 0. The summed E-state index contributed by atoms with van der Waals surface area (Å²) in [5.41, 5.74) is 22.1. The van der Waals surface area contributed by atoms with Gasteiger partial charge in [-0.1, -0.05) is 97.2 Å². The van der Waals surface area contributed by atoms with Crippen LogP contribution in [-0.2, 0) is 0 Å². The molecule has 0 amide bonds. The van der Waals surface area contributed by atoms with E-state index < -0.39 is 0 Å². The second kappa shape index (κ2) is 10.9. The summed E-state index contributed by atoms with van der Waals surface area (Å²) in [5, 5.41) is 0. The van der Waals surface area contributed by atoms with Crippen LogP contribution in [0.5, 0.6) is 0 Å². The van der Waals surface area contributed by atoms with Crippen LogP contribution in [0.15, 0.2) is 164 Å². The van der Waals surface area contributed by atoms with Crippen molar-refractivity contribution in [2.75, 3.05) is 0 Å². The predicted octanol–water partition coefficient (Wildman–Crippen LogP) is 11.7. The van der Waals surface area contributed by atoms with Gasteiger partial charge >= 0.3 is 0 Å². The smallest absolute Gasteiger partial charge is 0.0196 e. The van der Waals surface area contributed by atoms with E-state index in [2.05, 4.69) is 97.2 Å². The summed E-state index contributed by atoms with van der Waals surface area (Å²) >= 11 is 0. The van der Waals surface area contributed by atoms with Gasteiger partial charge in [-0.3, -0.25) is 0 Å². The van der Waals surface area contributed by atoms with E-state index in [-0.39, 0.29) is 0 Å². The van der Waals surface area contributed by atoms with Gasteiger partial charge in [0.25, 0.3) is 0 Å². The molecule has 0 fully saturated rings. The van der Waals surface area contributed by atoms with Crippen molar-refractivity contribution in [3.05, 3.63) is 170 Å². The number of benzene rings is 1. The Morgan fingerprint density at radius 1 is 0.523 bits per heavy atom. The van der Waals surface area contributed by atoms with E-state index in [1.165, 1.54) is 73.6 Å². The zero-order valence-electron chi connectivity index (χ0n) is 25.9. The fourth-order valence-corrected chi connectivity index (χ4v) is 9.38. The monoisotopic (exact) mass is 570 g/mol. The molecule has 0 heteroatoms. The molecule has 0 aliphatic heterocycles. The number of hydrogen-bond donors (Lipinski definition) is 0. The second-order valence-corrected chi connectivity index (χ2v) is 13.8. The Bertz CT molecular complexity index is 1820. The maximum Gasteiger partial charge on any atom is 0.0196 e. The first-order chi connectivity index (χ1) is 21.8. The van der Waals surface area contributed by atoms with Crippen molar-refractivity contribution in [1.82, 2.24) is 0 Å². The van der Waals surface area contributed by atoms with Crippen molar-refractivity contribution in [2.45, 2.75) is 77.0 Å². The highest BCUT2D eigenvalue weighted by molar-refractivity contribution is 5.85. The van der Waals surface area contributed by atoms with Crippen LogP contribution < -0.4 is 0 Å². The Labute approximate surface area is 263 Å². The highest BCUT2D eigenvalue weighted by Gasteiger charge is 2.41. The van der Waals surface area contributed by atoms with Crippen LogP contribution >= 0.6 is 0 Å². The Kier molecular flexibility index (Phi) is 6.58. The Morgan fingerprint density at radius 2 is 1.27 bits per heavy atom. The molecule has 1 aromatic rings. The van der Waals surface area contributed by atoms with Gasteiger partial charge in [0.1, 0.15) is 0 Å². The summed E-state index contributed by atoms with van der Waals surface area (Å²) in [5.74, 6) is 0.830. The zero-order valence-corrected chi connectivity index (χ0v) is 25.9. The molecule has 0 radical (unpaired) electrons. The van der Waals surface area contributed by atoms with Gasteiger partial charge < -0.3 is 0 Å². The molecule has 0 heterocycles. The van der Waals surface area contributed by atoms with Gasteiger partial charge in [0.15, 0.2) is 0 Å². The van der Waals surface area contributed by atoms with Crippen molar-refractivity contribution in [3.63, 3.8) is 0 Å². The molecule has 8 aliphatic rings. The van der Waals surface area contributed by atoms with E-state index in [9.17, 15) is 0 Å². The summed E-state index contributed by atoms with van der Waals surface area (Å²) in [6.07, 6.45) is 41.8. The van der Waals surface area contributed by atoms with Crippen LogP contribution in [-0.4, -0.2) is 0 Å². The van der Waals surface area contributed by atoms with Crippen LogP contribution in [0.4, 0.5) is 0 Å². The molecule has 0 aromatic heterocycles. The molecule has 1 aromatic carbocycles. The molecule has 44 heavy (non-hydrogen) atoms. The minimum atomic E-state index is 0.383. The van der Waals surface area contributed by atoms with Crippen molar-refractivity contribution >= 4 is 5.57 Å². The van der Waals surface area contributed by atoms with Crippen LogP contribution in [0.2, 0.25) is 0 Å². The van der Waals surface area contributed by atoms with E-state index in [1.807, 2.05) is 0 Å². The Morgan fingerprint density at radius 3 is 2.18 bits per heavy atom. The van der Waals surface area contributed by atoms with Gasteiger partial charge in [0.2, 0.25) is 0 Å². The molecule has 0 N–H and O–H groups in total. The number of allylic oxidation sites excluding steroid dienone is 24. The van der Waals surface area contributed by atoms with Crippen molar-refractivity contribution in [1.29, 1.82) is 0 Å². The molecule has 9 rings (SSSR count). The summed E-state index contributed by atoms with van der Waals surface area (Å²) in [6, 6.07) is 11.3. The summed E-state index contributed by atoms with van der Waals surface area (Å²) < 4.78 is 0. The molecular weight excluding hydrogens is 528 g/mol. The van der Waals surface area contributed by atoms with Crippen LogP contribution in [0.3, 0.4) is 0 Å². The third kappa shape index (κ3) is 4.41. The third-order valence-corrected chi connectivity index (χ3v) is 11.4. The fourth-order valence-electron chi connectivity index (χ4n) is 9.38. The molecule has 2 unspecified atom stereocenters. The number of rotatable bonds is 3. The number of fused-ring (bicyclic) bond motifs is 4. The summed E-state index contributed by atoms with van der Waals surface area (Å²) in [7, 11) is 0. The minimum absolute atomic E-state index is 0.383. The molecule has 0 bridgehead atoms. The molecule has 0 spiro atoms. The predicted molar refractivity (Wildman–Crippen MR) is 185 cm³/mol. The first-order valence-corrected chi connectivity index (χ1v) is 17.3. The standard InChI is InChI=1S/C44H42/c1-2-12-30(13-3-1)41-27-36-28-42(35-17-10-16-33(26-35)34-22-21-29-11-4-5-15-32(29)25-34)38-19-8-9-20-39(38)43(36)44-37-18-7-6-14-31(37)23-24-40(41)44/h1-4,6,9,11-14,17,20,25-28,36,43H,5,7-8,10,15-16,18-19,21-24H2. The Balaban J connectivity index is 1.17. The molecule has 2 atom stereocenters. The first kappa shape index (κ1) is 26.5. The van der Waals surface area contributed by atoms with Crippen LogP contribution in [0.1, 0.15) is 82.6 Å². The molecule has 0 nitrogen and oxygen atoms in total. The third-order valence-electron chi connectivity index (χ3n) is 11.4. The molecule has 8 aliphatic carbocycles. The lowest BCUT2D eigenvalue weighted by Crippen LogP contribution is -2.30. The van der Waals surface area contributed by atoms with E-state index in [4.69, 9.17) is 0 Å². The molecule has 218 valence electrons. The van der Waals surface area contributed by atoms with Gasteiger partial charge in [0, 0.05) is 11.8 Å². The molecule has 0 saturated carbocycles. The Hall–Kier alpha value is -3.90. The van der Waals surface area contributed by atoms with Gasteiger partial charge in [-0.25, -0.2) is 0 Å². The fraction of sp³-hybridized carbons (Fsp3) is 0.318. The lowest BCUT2D eigenvalue weighted by molar-refractivity contribution is 0.567. The topological polar surface area (TPSA) is 0 Å². The van der Waals surface area contributed by atoms with E-state index in [1.54, 1.807) is 55.7 Å². The average molecular weight is 571 g/mol. The second-order valence-electron chi connectivity index (χ2n) is 13.8. The maximum atomic E-state index is 2.70. The van der Waals surface area contributed by atoms with Crippen LogP contribution in [0.25, 0.3) is 5.57 Å². The van der Waals surface area contributed by atoms with Gasteiger partial charge in [0.05, 0.1) is 0 Å². The average Bonchev–Trinajstić information content (AvgIpc) is 3.10. The maximum absolute atomic E-state index is 2.70. The van der Waals surface area contributed by atoms with Gasteiger partial charge in [-0.15, -0.1) is 0 Å². The van der Waals surface area contributed by atoms with E-state index >= 15 is 0 Å². The van der Waals surface area contributed by atoms with E-state index in [0.717, 1.165) is 25.7 Å². The minimum Gasteiger partial charge on any atom is -0.0839 e. The van der Waals surface area contributed by atoms with Crippen molar-refractivity contribution in [3.8, 4) is 0 Å². The summed E-state index contributed by atoms with van der Waals surface area (Å²) in [6.45, 7) is 0. The van der Waals surface area contributed by atoms with E-state index in [0.29, 0.717) is 11.8 Å². The van der Waals surface area contributed by atoms with Crippen LogP contribution in [0, 0.1) is 11.8 Å². The molecule has 0 saturated heterocycles. The SMILES string of the molecule is C1=CC2=C(C=C(C3=CC(C4=CC5C=C(c6ccccc6)C6=C(C7=C(C=CCC7)CC6)C5C5=C4CCC=C5)=CCC3)CC2)CC1. The quantitative estimate of drug-likeness (QED) is 0.339. The largest absolute Gasteiger partial charge is 0.0839 e. The lowest BCUT2D eigenvalue weighted by Gasteiger charge is -2.43.